The first-order chi connectivity index (χ1) is 13.0. The minimum Gasteiger partial charge on any atom is -0.355 e. The van der Waals surface area contributed by atoms with Crippen LogP contribution in [0.4, 0.5) is 11.4 Å². The molecule has 27 heavy (non-hydrogen) atoms. The van der Waals surface area contributed by atoms with Crippen LogP contribution in [-0.4, -0.2) is 29.7 Å². The highest BCUT2D eigenvalue weighted by Gasteiger charge is 2.12. The standard InChI is InChI=1S/C16H15N9S2/c17-24-13(20-22-15(24)26)9-5-7-10(8-6-9)19-12-4-2-1-3-11(12)14-21-23-16(27)25(14)18/h1-8,19H,17-18H2,(H,22,26)(H,23,27). The maximum Gasteiger partial charge on any atom is 0.214 e. The topological polar surface area (TPSA) is 131 Å². The van der Waals surface area contributed by atoms with E-state index in [4.69, 9.17) is 36.1 Å². The van der Waals surface area contributed by atoms with Gasteiger partial charge in [-0.05, 0) is 60.8 Å². The van der Waals surface area contributed by atoms with E-state index in [-0.39, 0.29) is 0 Å². The summed E-state index contributed by atoms with van der Waals surface area (Å²) in [6.07, 6.45) is 0. The van der Waals surface area contributed by atoms with E-state index in [1.165, 1.54) is 9.35 Å². The molecule has 0 saturated heterocycles. The average Bonchev–Trinajstić information content (AvgIpc) is 3.19. The van der Waals surface area contributed by atoms with E-state index in [0.717, 1.165) is 22.5 Å². The molecule has 0 amide bonds. The summed E-state index contributed by atoms with van der Waals surface area (Å²) in [7, 11) is 0. The van der Waals surface area contributed by atoms with E-state index in [1.54, 1.807) is 0 Å². The number of aromatic nitrogens is 6. The van der Waals surface area contributed by atoms with E-state index in [1.807, 2.05) is 48.5 Å². The number of nitrogens with one attached hydrogen (secondary N) is 3. The Morgan fingerprint density at radius 1 is 0.815 bits per heavy atom. The van der Waals surface area contributed by atoms with Crippen molar-refractivity contribution < 1.29 is 0 Å². The molecule has 4 rings (SSSR count). The summed E-state index contributed by atoms with van der Waals surface area (Å²) in [5.41, 5.74) is 3.37. The first-order valence-corrected chi connectivity index (χ1v) is 8.68. The van der Waals surface area contributed by atoms with Gasteiger partial charge < -0.3 is 17.0 Å². The highest BCUT2D eigenvalue weighted by Crippen LogP contribution is 2.29. The molecule has 0 bridgehead atoms. The maximum absolute atomic E-state index is 5.96. The molecular weight excluding hydrogens is 382 g/mol. The lowest BCUT2D eigenvalue weighted by Crippen LogP contribution is -2.10. The molecule has 0 spiro atoms. The van der Waals surface area contributed by atoms with Gasteiger partial charge in [-0.15, -0.1) is 0 Å². The van der Waals surface area contributed by atoms with Crippen molar-refractivity contribution in [3.05, 3.63) is 58.1 Å². The predicted molar refractivity (Wildman–Crippen MR) is 109 cm³/mol. The van der Waals surface area contributed by atoms with Gasteiger partial charge in [0.2, 0.25) is 9.54 Å². The number of para-hydroxylation sites is 1. The van der Waals surface area contributed by atoms with Gasteiger partial charge in [0.25, 0.3) is 0 Å². The van der Waals surface area contributed by atoms with Crippen LogP contribution >= 0.6 is 24.4 Å². The van der Waals surface area contributed by atoms with Crippen LogP contribution in [0.2, 0.25) is 0 Å². The summed E-state index contributed by atoms with van der Waals surface area (Å²) in [6, 6.07) is 15.3. The highest BCUT2D eigenvalue weighted by molar-refractivity contribution is 7.71. The van der Waals surface area contributed by atoms with Crippen molar-refractivity contribution in [2.75, 3.05) is 17.0 Å². The Balaban J connectivity index is 1.66. The smallest absolute Gasteiger partial charge is 0.214 e. The Morgan fingerprint density at radius 3 is 2.00 bits per heavy atom. The molecule has 2 heterocycles. The van der Waals surface area contributed by atoms with Crippen LogP contribution in [0.25, 0.3) is 22.8 Å². The van der Waals surface area contributed by atoms with Crippen LogP contribution < -0.4 is 17.0 Å². The fraction of sp³-hybridized carbons (Fsp3) is 0. The molecule has 0 unspecified atom stereocenters. The van der Waals surface area contributed by atoms with Crippen molar-refractivity contribution in [3.63, 3.8) is 0 Å². The zero-order chi connectivity index (χ0) is 19.0. The lowest BCUT2D eigenvalue weighted by atomic mass is 10.1. The molecule has 0 fully saturated rings. The van der Waals surface area contributed by atoms with Crippen molar-refractivity contribution in [1.82, 2.24) is 29.7 Å². The molecule has 136 valence electrons. The number of rotatable bonds is 4. The molecule has 7 N–H and O–H groups in total. The number of benzene rings is 2. The molecule has 0 radical (unpaired) electrons. The SMILES string of the molecule is Nn1c(-c2ccc(Nc3ccccc3-c3n[nH]c(=S)n3N)cc2)n[nH]c1=S. The maximum atomic E-state index is 5.96. The molecule has 9 nitrogen and oxygen atoms in total. The van der Waals surface area contributed by atoms with Gasteiger partial charge in [0.15, 0.2) is 11.6 Å². The van der Waals surface area contributed by atoms with Crippen LogP contribution in [0.5, 0.6) is 0 Å². The number of nitrogens with zero attached hydrogens (tertiary/aromatic N) is 4. The molecule has 0 aliphatic heterocycles. The summed E-state index contributed by atoms with van der Waals surface area (Å²) < 4.78 is 3.37. The molecule has 2 aromatic carbocycles. The summed E-state index contributed by atoms with van der Waals surface area (Å²) in [5.74, 6) is 12.9. The Hall–Kier alpha value is -3.44. The van der Waals surface area contributed by atoms with Crippen molar-refractivity contribution in [2.45, 2.75) is 0 Å². The van der Waals surface area contributed by atoms with Crippen molar-refractivity contribution in [2.24, 2.45) is 0 Å². The van der Waals surface area contributed by atoms with Crippen molar-refractivity contribution in [1.29, 1.82) is 0 Å². The van der Waals surface area contributed by atoms with Gasteiger partial charge in [0.05, 0.1) is 0 Å². The van der Waals surface area contributed by atoms with Gasteiger partial charge in [-0.2, -0.15) is 10.2 Å². The molecule has 0 atom stereocenters. The van der Waals surface area contributed by atoms with Gasteiger partial charge >= 0.3 is 0 Å². The zero-order valence-electron chi connectivity index (χ0n) is 13.9. The largest absolute Gasteiger partial charge is 0.355 e. The van der Waals surface area contributed by atoms with E-state index in [9.17, 15) is 0 Å². The van der Waals surface area contributed by atoms with Gasteiger partial charge in [-0.25, -0.2) is 19.5 Å². The van der Waals surface area contributed by atoms with Gasteiger partial charge in [-0.1, -0.05) is 12.1 Å². The molecular formula is C16H15N9S2. The molecule has 0 saturated carbocycles. The summed E-state index contributed by atoms with van der Waals surface area (Å²) in [6.45, 7) is 0. The van der Waals surface area contributed by atoms with E-state index >= 15 is 0 Å². The number of H-pyrrole nitrogens is 2. The monoisotopic (exact) mass is 397 g/mol. The zero-order valence-corrected chi connectivity index (χ0v) is 15.5. The highest BCUT2D eigenvalue weighted by atomic mass is 32.1. The second kappa shape index (κ2) is 6.70. The fourth-order valence-corrected chi connectivity index (χ4v) is 2.91. The minimum atomic E-state index is 0.347. The van der Waals surface area contributed by atoms with Crippen LogP contribution in [0, 0.1) is 9.54 Å². The van der Waals surface area contributed by atoms with E-state index in [2.05, 4.69) is 25.7 Å². The van der Waals surface area contributed by atoms with Crippen molar-refractivity contribution >= 4 is 35.8 Å². The summed E-state index contributed by atoms with van der Waals surface area (Å²) >= 11 is 10.1. The third kappa shape index (κ3) is 3.09. The number of nitrogen functional groups attached to an aromatic ring is 2. The molecule has 0 aliphatic carbocycles. The summed E-state index contributed by atoms with van der Waals surface area (Å²) in [5, 5.41) is 17.0. The third-order valence-corrected chi connectivity index (χ3v) is 4.57. The van der Waals surface area contributed by atoms with Crippen LogP contribution in [0.15, 0.2) is 48.5 Å². The molecule has 2 aromatic heterocycles. The lowest BCUT2D eigenvalue weighted by molar-refractivity contribution is 0.984. The molecule has 0 aliphatic rings. The van der Waals surface area contributed by atoms with Crippen LogP contribution in [-0.2, 0) is 0 Å². The Morgan fingerprint density at radius 2 is 1.41 bits per heavy atom. The third-order valence-electron chi connectivity index (χ3n) is 4.00. The quantitative estimate of drug-likeness (QED) is 0.264. The lowest BCUT2D eigenvalue weighted by Gasteiger charge is -2.12. The molecule has 11 heteroatoms. The average molecular weight is 397 g/mol. The predicted octanol–water partition coefficient (Wildman–Crippen LogP) is 2.70. The van der Waals surface area contributed by atoms with Gasteiger partial charge in [0.1, 0.15) is 0 Å². The van der Waals surface area contributed by atoms with Crippen molar-refractivity contribution in [3.8, 4) is 22.8 Å². The van der Waals surface area contributed by atoms with Gasteiger partial charge in [0, 0.05) is 22.5 Å². The van der Waals surface area contributed by atoms with Crippen LogP contribution in [0.1, 0.15) is 0 Å². The summed E-state index contributed by atoms with van der Waals surface area (Å²) in [4.78, 5) is 0. The number of nitrogens with two attached hydrogens (primary N) is 2. The normalized spacial score (nSPS) is 10.8. The Labute approximate surface area is 163 Å². The first kappa shape index (κ1) is 17.0. The second-order valence-electron chi connectivity index (χ2n) is 5.69. The second-order valence-corrected chi connectivity index (χ2v) is 6.47. The van der Waals surface area contributed by atoms with Gasteiger partial charge in [-0.3, -0.25) is 0 Å². The van der Waals surface area contributed by atoms with E-state index < -0.39 is 0 Å². The first-order valence-electron chi connectivity index (χ1n) is 7.86. The minimum absolute atomic E-state index is 0.347. The van der Waals surface area contributed by atoms with E-state index in [0.29, 0.717) is 21.2 Å². The fourth-order valence-electron chi connectivity index (χ4n) is 2.65. The Kier molecular flexibility index (Phi) is 4.22. The number of aromatic amines is 2. The number of hydrogen-bond donors (Lipinski definition) is 5. The Bertz CT molecular complexity index is 1210. The number of hydrogen-bond acceptors (Lipinski definition) is 7. The molecule has 4 aromatic rings. The number of anilines is 2. The van der Waals surface area contributed by atoms with Crippen LogP contribution in [0.3, 0.4) is 0 Å².